The highest BCUT2D eigenvalue weighted by atomic mass is 19.4. The van der Waals surface area contributed by atoms with Crippen molar-refractivity contribution in [2.24, 2.45) is 0 Å². The van der Waals surface area contributed by atoms with Crippen LogP contribution in [0.5, 0.6) is 5.88 Å². The Kier molecular flexibility index (Phi) is 5.45. The summed E-state index contributed by atoms with van der Waals surface area (Å²) in [6.45, 7) is 1.91. The first kappa shape index (κ1) is 20.6. The summed E-state index contributed by atoms with van der Waals surface area (Å²) in [5, 5.41) is 2.66. The zero-order chi connectivity index (χ0) is 22.0. The van der Waals surface area contributed by atoms with E-state index in [0.29, 0.717) is 35.8 Å². The topological polar surface area (TPSA) is 80.2 Å². The number of aryl methyl sites for hydroxylation is 1. The van der Waals surface area contributed by atoms with Gasteiger partial charge in [0.2, 0.25) is 5.88 Å². The van der Waals surface area contributed by atoms with Crippen molar-refractivity contribution < 1.29 is 22.7 Å². The molecule has 1 aliphatic heterocycles. The minimum absolute atomic E-state index is 0.148. The molecule has 2 aromatic heterocycles. The van der Waals surface area contributed by atoms with Crippen molar-refractivity contribution in [1.82, 2.24) is 15.0 Å². The van der Waals surface area contributed by atoms with E-state index in [1.54, 1.807) is 30.7 Å². The Morgan fingerprint density at radius 1 is 1.19 bits per heavy atom. The van der Waals surface area contributed by atoms with Crippen molar-refractivity contribution in [1.29, 1.82) is 0 Å². The normalized spacial score (nSPS) is 13.1. The molecule has 0 fully saturated rings. The zero-order valence-electron chi connectivity index (χ0n) is 16.5. The molecule has 3 heterocycles. The minimum Gasteiger partial charge on any atom is -0.471 e. The van der Waals surface area contributed by atoms with E-state index in [1.807, 2.05) is 0 Å². The minimum atomic E-state index is -4.48. The van der Waals surface area contributed by atoms with Gasteiger partial charge in [-0.05, 0) is 36.6 Å². The number of hydrogen-bond acceptors (Lipinski definition) is 5. The fraction of sp³-hybridized carbons (Fsp3) is 0.238. The summed E-state index contributed by atoms with van der Waals surface area (Å²) in [7, 11) is 0. The fourth-order valence-corrected chi connectivity index (χ4v) is 3.36. The molecule has 0 unspecified atom stereocenters. The van der Waals surface area contributed by atoms with E-state index in [1.165, 1.54) is 24.1 Å². The number of hydrogen-bond donors (Lipinski definition) is 1. The largest absolute Gasteiger partial charge is 0.471 e. The lowest BCUT2D eigenvalue weighted by molar-refractivity contribution is -0.138. The van der Waals surface area contributed by atoms with Crippen LogP contribution < -0.4 is 15.0 Å². The number of ether oxygens (including phenoxy) is 1. The molecule has 0 spiro atoms. The van der Waals surface area contributed by atoms with Crippen LogP contribution in [0.25, 0.3) is 0 Å². The second-order valence-corrected chi connectivity index (χ2v) is 7.00. The summed E-state index contributed by atoms with van der Waals surface area (Å²) < 4.78 is 45.3. The number of aromatic nitrogens is 3. The summed E-state index contributed by atoms with van der Waals surface area (Å²) in [5.41, 5.74) is 1.43. The van der Waals surface area contributed by atoms with Crippen LogP contribution in [0.2, 0.25) is 0 Å². The van der Waals surface area contributed by atoms with Gasteiger partial charge < -0.3 is 10.1 Å². The number of rotatable bonds is 4. The fourth-order valence-electron chi connectivity index (χ4n) is 3.36. The zero-order valence-corrected chi connectivity index (χ0v) is 16.5. The molecule has 31 heavy (non-hydrogen) atoms. The van der Waals surface area contributed by atoms with E-state index < -0.39 is 17.8 Å². The number of nitrogens with one attached hydrogen (secondary N) is 1. The highest BCUT2D eigenvalue weighted by Crippen LogP contribution is 2.38. The number of pyridine rings is 1. The molecule has 0 atom stereocenters. The van der Waals surface area contributed by atoms with E-state index in [-0.39, 0.29) is 17.9 Å². The standard InChI is InChI=1S/C21H18F3N5O2/c1-13-8-14-4-7-29(18(14)9-17(13)21(22,23)24)20(30)28-15-2-3-19(27-11-15)31-12-16-10-25-5-6-26-16/h2-3,5-6,8-11H,4,7,12H2,1H3,(H,28,30). The Morgan fingerprint density at radius 3 is 2.71 bits per heavy atom. The van der Waals surface area contributed by atoms with E-state index >= 15 is 0 Å². The lowest BCUT2D eigenvalue weighted by Crippen LogP contribution is -2.33. The van der Waals surface area contributed by atoms with Gasteiger partial charge >= 0.3 is 12.2 Å². The van der Waals surface area contributed by atoms with Crippen LogP contribution in [-0.2, 0) is 19.2 Å². The Morgan fingerprint density at radius 2 is 2.03 bits per heavy atom. The maximum atomic E-state index is 13.3. The summed E-state index contributed by atoms with van der Waals surface area (Å²) in [4.78, 5) is 26.1. The Hall–Kier alpha value is -3.69. The molecule has 1 aliphatic rings. The van der Waals surface area contributed by atoms with Gasteiger partial charge in [0.15, 0.2) is 0 Å². The molecule has 3 aromatic rings. The predicted octanol–water partition coefficient (Wildman–Crippen LogP) is 4.37. The molecule has 0 bridgehead atoms. The van der Waals surface area contributed by atoms with Crippen LogP contribution in [0.15, 0.2) is 49.1 Å². The second-order valence-electron chi connectivity index (χ2n) is 7.00. The lowest BCUT2D eigenvalue weighted by atomic mass is 10.0. The van der Waals surface area contributed by atoms with Crippen molar-refractivity contribution in [2.45, 2.75) is 26.1 Å². The average molecular weight is 429 g/mol. The molecule has 0 aliphatic carbocycles. The molecular formula is C21H18F3N5O2. The van der Waals surface area contributed by atoms with Gasteiger partial charge in [-0.3, -0.25) is 14.9 Å². The Bertz CT molecular complexity index is 1090. The van der Waals surface area contributed by atoms with Gasteiger partial charge in [0.25, 0.3) is 0 Å². The molecule has 0 radical (unpaired) electrons. The number of carbonyl (C=O) groups excluding carboxylic acids is 1. The molecule has 1 aromatic carbocycles. The van der Waals surface area contributed by atoms with Crippen LogP contribution >= 0.6 is 0 Å². The SMILES string of the molecule is Cc1cc2c(cc1C(F)(F)F)N(C(=O)Nc1ccc(OCc3cnccn3)nc1)CC2. The van der Waals surface area contributed by atoms with Crippen molar-refractivity contribution in [3.05, 3.63) is 71.4 Å². The molecule has 4 rings (SSSR count). The molecule has 2 amide bonds. The third-order valence-corrected chi connectivity index (χ3v) is 4.84. The van der Waals surface area contributed by atoms with Crippen LogP contribution in [0.4, 0.5) is 29.3 Å². The second kappa shape index (κ2) is 8.21. The lowest BCUT2D eigenvalue weighted by Gasteiger charge is -2.20. The maximum Gasteiger partial charge on any atom is 0.416 e. The molecule has 7 nitrogen and oxygen atoms in total. The average Bonchev–Trinajstić information content (AvgIpc) is 3.15. The first-order valence-corrected chi connectivity index (χ1v) is 9.44. The number of fused-ring (bicyclic) bond motifs is 1. The highest BCUT2D eigenvalue weighted by Gasteiger charge is 2.35. The maximum absolute atomic E-state index is 13.3. The number of nitrogens with zero attached hydrogens (tertiary/aromatic N) is 4. The van der Waals surface area contributed by atoms with Crippen molar-refractivity contribution in [3.8, 4) is 5.88 Å². The highest BCUT2D eigenvalue weighted by molar-refractivity contribution is 6.03. The van der Waals surface area contributed by atoms with Crippen molar-refractivity contribution in [3.63, 3.8) is 0 Å². The predicted molar refractivity (Wildman–Crippen MR) is 107 cm³/mol. The van der Waals surface area contributed by atoms with E-state index in [2.05, 4.69) is 20.3 Å². The Balaban J connectivity index is 1.43. The molecule has 160 valence electrons. The summed E-state index contributed by atoms with van der Waals surface area (Å²) in [6, 6.07) is 5.19. The number of anilines is 2. The molecular weight excluding hydrogens is 411 g/mol. The van der Waals surface area contributed by atoms with Gasteiger partial charge in [-0.1, -0.05) is 6.07 Å². The first-order valence-electron chi connectivity index (χ1n) is 9.44. The smallest absolute Gasteiger partial charge is 0.416 e. The Labute approximate surface area is 175 Å². The quantitative estimate of drug-likeness (QED) is 0.666. The van der Waals surface area contributed by atoms with E-state index in [4.69, 9.17) is 4.74 Å². The van der Waals surface area contributed by atoms with Crippen molar-refractivity contribution >= 4 is 17.4 Å². The summed E-state index contributed by atoms with van der Waals surface area (Å²) in [6.07, 6.45) is 2.12. The summed E-state index contributed by atoms with van der Waals surface area (Å²) in [5.74, 6) is 0.334. The van der Waals surface area contributed by atoms with Gasteiger partial charge in [0.05, 0.1) is 29.3 Å². The first-order chi connectivity index (χ1) is 14.8. The number of benzene rings is 1. The third-order valence-electron chi connectivity index (χ3n) is 4.84. The summed E-state index contributed by atoms with van der Waals surface area (Å²) >= 11 is 0. The third kappa shape index (κ3) is 4.57. The monoisotopic (exact) mass is 429 g/mol. The van der Waals surface area contributed by atoms with Gasteiger partial charge in [0, 0.05) is 30.7 Å². The number of carbonyl (C=O) groups is 1. The van der Waals surface area contributed by atoms with Gasteiger partial charge in [-0.2, -0.15) is 13.2 Å². The van der Waals surface area contributed by atoms with Gasteiger partial charge in [0.1, 0.15) is 6.61 Å². The number of halogens is 3. The number of urea groups is 1. The molecule has 1 N–H and O–H groups in total. The number of alkyl halides is 3. The molecule has 0 saturated heterocycles. The van der Waals surface area contributed by atoms with E-state index in [9.17, 15) is 18.0 Å². The van der Waals surface area contributed by atoms with Gasteiger partial charge in [-0.25, -0.2) is 9.78 Å². The van der Waals surface area contributed by atoms with Crippen molar-refractivity contribution in [2.75, 3.05) is 16.8 Å². The molecule has 10 heteroatoms. The van der Waals surface area contributed by atoms with Crippen LogP contribution in [-0.4, -0.2) is 27.5 Å². The van der Waals surface area contributed by atoms with Gasteiger partial charge in [-0.15, -0.1) is 0 Å². The van der Waals surface area contributed by atoms with Crippen LogP contribution in [0.1, 0.15) is 22.4 Å². The van der Waals surface area contributed by atoms with Crippen LogP contribution in [0.3, 0.4) is 0 Å². The van der Waals surface area contributed by atoms with E-state index in [0.717, 1.165) is 6.07 Å². The molecule has 0 saturated carbocycles. The number of amides is 2. The van der Waals surface area contributed by atoms with Crippen LogP contribution in [0, 0.1) is 6.92 Å².